The number of rotatable bonds is 10. The minimum atomic E-state index is -0.0566. The van der Waals surface area contributed by atoms with Gasteiger partial charge < -0.3 is 0 Å². The summed E-state index contributed by atoms with van der Waals surface area (Å²) in [4.78, 5) is 0. The molecule has 0 aliphatic heterocycles. The van der Waals surface area contributed by atoms with E-state index in [1.807, 2.05) is 0 Å². The molecule has 1 atom stereocenters. The summed E-state index contributed by atoms with van der Waals surface area (Å²) in [7, 11) is 0. The summed E-state index contributed by atoms with van der Waals surface area (Å²) in [5.74, 6) is 0.231. The zero-order valence-corrected chi connectivity index (χ0v) is 36.5. The fourth-order valence-electron chi connectivity index (χ4n) is 9.87. The molecule has 0 fully saturated rings. The van der Waals surface area contributed by atoms with Gasteiger partial charge in [0.15, 0.2) is 0 Å². The maximum Gasteiger partial charge on any atom is 0.0159 e. The van der Waals surface area contributed by atoms with Crippen LogP contribution >= 0.6 is 0 Å². The van der Waals surface area contributed by atoms with Crippen LogP contribution in [0.3, 0.4) is 0 Å². The molecule has 2 aliphatic rings. The monoisotopic (exact) mass is 808 g/mol. The van der Waals surface area contributed by atoms with Crippen LogP contribution in [0.2, 0.25) is 0 Å². The van der Waals surface area contributed by atoms with Crippen LogP contribution in [0, 0.1) is 6.92 Å². The Hall–Kier alpha value is -7.28. The highest BCUT2D eigenvalue weighted by Crippen LogP contribution is 2.49. The molecule has 0 heteroatoms. The highest BCUT2D eigenvalue weighted by atomic mass is 14.4. The Morgan fingerprint density at radius 1 is 0.571 bits per heavy atom. The Balaban J connectivity index is 0.989. The molecule has 0 bridgehead atoms. The van der Waals surface area contributed by atoms with E-state index in [0.29, 0.717) is 0 Å². The highest BCUT2D eigenvalue weighted by molar-refractivity contribution is 5.91. The summed E-state index contributed by atoms with van der Waals surface area (Å²) < 4.78 is 0. The fourth-order valence-corrected chi connectivity index (χ4v) is 9.87. The quantitative estimate of drug-likeness (QED) is 0.121. The molecule has 8 aromatic carbocycles. The number of allylic oxidation sites excluding steroid dienone is 5. The van der Waals surface area contributed by atoms with E-state index in [1.165, 1.54) is 94.6 Å². The maximum absolute atomic E-state index is 4.74. The van der Waals surface area contributed by atoms with Gasteiger partial charge in [-0.25, -0.2) is 0 Å². The predicted octanol–water partition coefficient (Wildman–Crippen LogP) is 16.6. The molecule has 8 aromatic rings. The standard InChI is InChI=1S/C63H52/c1-43-17-11-12-26-56(43)57-35-33-53(41-60(57)44(2)47-29-31-49(32-30-47)48-21-9-6-10-22-48)52-25-16-24-51(40-52)50-23-15-20-46(38-50)39-55(37-45-18-7-5-8-19-45)54-34-36-59-58-27-13-14-28-61(58)63(3,4)62(59)42-54/h5-24,26-36,38-42,52H,2,25,37H2,1,3-4H3. The van der Waals surface area contributed by atoms with E-state index in [9.17, 15) is 0 Å². The van der Waals surface area contributed by atoms with Gasteiger partial charge >= 0.3 is 0 Å². The van der Waals surface area contributed by atoms with E-state index in [-0.39, 0.29) is 11.3 Å². The van der Waals surface area contributed by atoms with Crippen molar-refractivity contribution in [3.05, 3.63) is 275 Å². The number of hydrogen-bond donors (Lipinski definition) is 0. The van der Waals surface area contributed by atoms with Crippen molar-refractivity contribution < 1.29 is 0 Å². The summed E-state index contributed by atoms with van der Waals surface area (Å²) in [5, 5.41) is 0. The molecule has 0 radical (unpaired) electrons. The van der Waals surface area contributed by atoms with Gasteiger partial charge in [-0.1, -0.05) is 221 Å². The van der Waals surface area contributed by atoms with Crippen LogP contribution in [0.4, 0.5) is 0 Å². The first-order valence-electron chi connectivity index (χ1n) is 22.3. The minimum absolute atomic E-state index is 0.0566. The lowest BCUT2D eigenvalue weighted by atomic mass is 9.81. The smallest absolute Gasteiger partial charge is 0.0159 e. The van der Waals surface area contributed by atoms with Crippen LogP contribution in [0.5, 0.6) is 0 Å². The van der Waals surface area contributed by atoms with E-state index >= 15 is 0 Å². The van der Waals surface area contributed by atoms with Gasteiger partial charge in [-0.15, -0.1) is 0 Å². The molecule has 0 spiro atoms. The molecule has 63 heavy (non-hydrogen) atoms. The number of aryl methyl sites for hydroxylation is 1. The summed E-state index contributed by atoms with van der Waals surface area (Å²) in [6.45, 7) is 11.7. The topological polar surface area (TPSA) is 0 Å². The minimum Gasteiger partial charge on any atom is -0.0905 e. The van der Waals surface area contributed by atoms with Crippen LogP contribution in [-0.4, -0.2) is 0 Å². The Kier molecular flexibility index (Phi) is 10.7. The van der Waals surface area contributed by atoms with E-state index in [0.717, 1.165) is 24.0 Å². The number of benzene rings is 8. The Morgan fingerprint density at radius 2 is 1.22 bits per heavy atom. The van der Waals surface area contributed by atoms with Crippen LogP contribution in [-0.2, 0) is 11.8 Å². The molecule has 0 heterocycles. The first-order chi connectivity index (χ1) is 30.8. The maximum atomic E-state index is 4.74. The van der Waals surface area contributed by atoms with Gasteiger partial charge in [0.05, 0.1) is 0 Å². The Morgan fingerprint density at radius 3 is 2.02 bits per heavy atom. The van der Waals surface area contributed by atoms with Crippen molar-refractivity contribution in [1.82, 2.24) is 0 Å². The molecular weight excluding hydrogens is 757 g/mol. The van der Waals surface area contributed by atoms with Crippen molar-refractivity contribution in [2.24, 2.45) is 0 Å². The molecule has 0 N–H and O–H groups in total. The van der Waals surface area contributed by atoms with Crippen molar-refractivity contribution in [2.75, 3.05) is 0 Å². The summed E-state index contributed by atoms with van der Waals surface area (Å²) in [6, 6.07) is 71.2. The molecule has 0 aromatic heterocycles. The van der Waals surface area contributed by atoms with Crippen LogP contribution in [0.15, 0.2) is 219 Å². The number of fused-ring (bicyclic) bond motifs is 3. The van der Waals surface area contributed by atoms with Crippen LogP contribution in [0.25, 0.3) is 56.2 Å². The number of hydrogen-bond acceptors (Lipinski definition) is 0. The van der Waals surface area contributed by atoms with Crippen molar-refractivity contribution in [3.8, 4) is 33.4 Å². The normalized spacial score (nSPS) is 15.1. The van der Waals surface area contributed by atoms with Gasteiger partial charge in [0.2, 0.25) is 0 Å². The Bertz CT molecular complexity index is 3080. The first kappa shape index (κ1) is 39.8. The summed E-state index contributed by atoms with van der Waals surface area (Å²) in [5.41, 5.74) is 23.8. The molecule has 10 rings (SSSR count). The first-order valence-corrected chi connectivity index (χ1v) is 22.3. The third-order valence-electron chi connectivity index (χ3n) is 13.4. The lowest BCUT2D eigenvalue weighted by molar-refractivity contribution is 0.660. The third kappa shape index (κ3) is 7.90. The average Bonchev–Trinajstić information content (AvgIpc) is 3.57. The van der Waals surface area contributed by atoms with E-state index in [2.05, 4.69) is 239 Å². The van der Waals surface area contributed by atoms with Gasteiger partial charge in [-0.3, -0.25) is 0 Å². The molecule has 0 saturated carbocycles. The molecule has 0 amide bonds. The van der Waals surface area contributed by atoms with Gasteiger partial charge in [-0.2, -0.15) is 0 Å². The molecule has 304 valence electrons. The van der Waals surface area contributed by atoms with Crippen molar-refractivity contribution >= 4 is 22.8 Å². The second kappa shape index (κ2) is 16.9. The highest BCUT2D eigenvalue weighted by Gasteiger charge is 2.35. The molecule has 0 saturated heterocycles. The van der Waals surface area contributed by atoms with Gasteiger partial charge in [-0.05, 0) is 144 Å². The third-order valence-corrected chi connectivity index (χ3v) is 13.4. The van der Waals surface area contributed by atoms with Crippen LogP contribution < -0.4 is 0 Å². The second-order valence-electron chi connectivity index (χ2n) is 17.8. The molecule has 2 aliphatic carbocycles. The van der Waals surface area contributed by atoms with E-state index in [4.69, 9.17) is 6.58 Å². The second-order valence-corrected chi connectivity index (χ2v) is 17.8. The molecule has 0 nitrogen and oxygen atoms in total. The lowest BCUT2D eigenvalue weighted by Gasteiger charge is -2.22. The SMILES string of the molecule is C=C(c1ccc(-c2ccccc2)cc1)c1cc(C2C=C(c3cccc(C=C(Cc4ccccc4)c4ccc5c(c4)C(C)(C)c4ccccc4-5)c3)C=CC2)ccc1-c1ccccc1C. The summed E-state index contributed by atoms with van der Waals surface area (Å²) >= 11 is 0. The van der Waals surface area contributed by atoms with Gasteiger partial charge in [0.25, 0.3) is 0 Å². The van der Waals surface area contributed by atoms with Crippen LogP contribution in [0.1, 0.15) is 81.8 Å². The fraction of sp³-hybridized carbons (Fsp3) is 0.111. The zero-order valence-electron chi connectivity index (χ0n) is 36.5. The van der Waals surface area contributed by atoms with Gasteiger partial charge in [0.1, 0.15) is 0 Å². The van der Waals surface area contributed by atoms with Gasteiger partial charge in [0, 0.05) is 11.3 Å². The molecular formula is C63H52. The van der Waals surface area contributed by atoms with Crippen molar-refractivity contribution in [3.63, 3.8) is 0 Å². The van der Waals surface area contributed by atoms with E-state index in [1.54, 1.807) is 0 Å². The van der Waals surface area contributed by atoms with Crippen molar-refractivity contribution in [1.29, 1.82) is 0 Å². The van der Waals surface area contributed by atoms with E-state index < -0.39 is 0 Å². The Labute approximate surface area is 374 Å². The largest absolute Gasteiger partial charge is 0.0905 e. The zero-order chi connectivity index (χ0) is 42.9. The lowest BCUT2D eigenvalue weighted by Crippen LogP contribution is -2.15. The molecule has 1 unspecified atom stereocenters. The average molecular weight is 809 g/mol. The van der Waals surface area contributed by atoms with Crippen molar-refractivity contribution in [2.45, 2.75) is 44.9 Å². The summed E-state index contributed by atoms with van der Waals surface area (Å²) in [6.07, 6.45) is 11.3. The predicted molar refractivity (Wildman–Crippen MR) is 270 cm³/mol.